The molecular weight excluding hydrogens is 258 g/mol. The van der Waals surface area contributed by atoms with E-state index in [2.05, 4.69) is 16.8 Å². The summed E-state index contributed by atoms with van der Waals surface area (Å²) in [5.41, 5.74) is 2.92. The fourth-order valence-electron chi connectivity index (χ4n) is 1.79. The Bertz CT molecular complexity index is 523. The highest BCUT2D eigenvalue weighted by molar-refractivity contribution is 7.08. The van der Waals surface area contributed by atoms with Crippen LogP contribution in [0.3, 0.4) is 0 Å². The first-order valence-electron chi connectivity index (χ1n) is 6.21. The van der Waals surface area contributed by atoms with Gasteiger partial charge in [0.2, 0.25) is 0 Å². The van der Waals surface area contributed by atoms with Gasteiger partial charge in [0.25, 0.3) is 5.91 Å². The van der Waals surface area contributed by atoms with Crippen LogP contribution in [0.25, 0.3) is 11.1 Å². The summed E-state index contributed by atoms with van der Waals surface area (Å²) in [6.45, 7) is 1.30. The lowest BCUT2D eigenvalue weighted by Crippen LogP contribution is -2.25. The number of methoxy groups -OCH3 is 1. The first-order valence-corrected chi connectivity index (χ1v) is 7.15. The smallest absolute Gasteiger partial charge is 0.251 e. The molecule has 4 heteroatoms. The molecular formula is C15H17NO2S. The predicted octanol–water partition coefficient (Wildman–Crippen LogP) is 3.18. The Kier molecular flexibility index (Phi) is 5.12. The number of carbonyl (C=O) groups is 1. The largest absolute Gasteiger partial charge is 0.385 e. The van der Waals surface area contributed by atoms with Crippen molar-refractivity contribution in [3.63, 3.8) is 0 Å². The summed E-state index contributed by atoms with van der Waals surface area (Å²) in [4.78, 5) is 12.0. The summed E-state index contributed by atoms with van der Waals surface area (Å²) in [5.74, 6) is -0.0341. The van der Waals surface area contributed by atoms with Crippen LogP contribution in [0.5, 0.6) is 0 Å². The van der Waals surface area contributed by atoms with E-state index in [9.17, 15) is 4.79 Å². The van der Waals surface area contributed by atoms with Crippen LogP contribution in [0.15, 0.2) is 41.1 Å². The van der Waals surface area contributed by atoms with Crippen LogP contribution >= 0.6 is 11.3 Å². The highest BCUT2D eigenvalue weighted by atomic mass is 32.1. The van der Waals surface area contributed by atoms with E-state index in [1.165, 1.54) is 0 Å². The maximum atomic E-state index is 12.0. The Morgan fingerprint density at radius 3 is 2.95 bits per heavy atom. The molecule has 1 heterocycles. The number of carbonyl (C=O) groups excluding carboxylic acids is 1. The molecule has 19 heavy (non-hydrogen) atoms. The Hall–Kier alpha value is -1.65. The summed E-state index contributed by atoms with van der Waals surface area (Å²) >= 11 is 1.65. The fraction of sp³-hybridized carbons (Fsp3) is 0.267. The van der Waals surface area contributed by atoms with E-state index in [1.807, 2.05) is 29.6 Å². The van der Waals surface area contributed by atoms with Gasteiger partial charge < -0.3 is 10.1 Å². The molecule has 100 valence electrons. The predicted molar refractivity (Wildman–Crippen MR) is 78.6 cm³/mol. The minimum absolute atomic E-state index is 0.0341. The zero-order chi connectivity index (χ0) is 13.5. The summed E-state index contributed by atoms with van der Waals surface area (Å²) < 4.78 is 4.95. The zero-order valence-corrected chi connectivity index (χ0v) is 11.7. The van der Waals surface area contributed by atoms with E-state index in [0.29, 0.717) is 18.7 Å². The SMILES string of the molecule is COCCCNC(=O)c1cccc(-c2ccsc2)c1. The summed E-state index contributed by atoms with van der Waals surface area (Å²) in [5, 5.41) is 7.00. The fourth-order valence-corrected chi connectivity index (χ4v) is 2.45. The Morgan fingerprint density at radius 2 is 2.21 bits per heavy atom. The summed E-state index contributed by atoms with van der Waals surface area (Å²) in [7, 11) is 1.66. The minimum atomic E-state index is -0.0341. The van der Waals surface area contributed by atoms with Gasteiger partial charge >= 0.3 is 0 Å². The number of amides is 1. The third kappa shape index (κ3) is 3.91. The van der Waals surface area contributed by atoms with Crippen molar-refractivity contribution in [2.75, 3.05) is 20.3 Å². The van der Waals surface area contributed by atoms with Crippen molar-refractivity contribution in [3.05, 3.63) is 46.7 Å². The van der Waals surface area contributed by atoms with Crippen molar-refractivity contribution in [3.8, 4) is 11.1 Å². The number of thiophene rings is 1. The van der Waals surface area contributed by atoms with Crippen LogP contribution in [-0.2, 0) is 4.74 Å². The van der Waals surface area contributed by atoms with Crippen molar-refractivity contribution in [2.24, 2.45) is 0 Å². The molecule has 0 bridgehead atoms. The molecule has 1 amide bonds. The third-order valence-electron chi connectivity index (χ3n) is 2.79. The topological polar surface area (TPSA) is 38.3 Å². The number of benzene rings is 1. The molecule has 0 radical (unpaired) electrons. The molecule has 3 nitrogen and oxygen atoms in total. The van der Waals surface area contributed by atoms with Crippen LogP contribution in [0.1, 0.15) is 16.8 Å². The van der Waals surface area contributed by atoms with Gasteiger partial charge in [-0.15, -0.1) is 0 Å². The molecule has 0 aliphatic carbocycles. The van der Waals surface area contributed by atoms with Crippen molar-refractivity contribution in [1.29, 1.82) is 0 Å². The van der Waals surface area contributed by atoms with E-state index in [-0.39, 0.29) is 5.91 Å². The van der Waals surface area contributed by atoms with Crippen LogP contribution in [0, 0.1) is 0 Å². The number of rotatable bonds is 6. The molecule has 0 saturated carbocycles. The van der Waals surface area contributed by atoms with Crippen molar-refractivity contribution in [1.82, 2.24) is 5.32 Å². The highest BCUT2D eigenvalue weighted by Gasteiger charge is 2.06. The van der Waals surface area contributed by atoms with Crippen LogP contribution in [0.2, 0.25) is 0 Å². The van der Waals surface area contributed by atoms with Gasteiger partial charge in [-0.2, -0.15) is 11.3 Å². The molecule has 0 fully saturated rings. The number of hydrogen-bond donors (Lipinski definition) is 1. The molecule has 2 rings (SSSR count). The Morgan fingerprint density at radius 1 is 1.32 bits per heavy atom. The van der Waals surface area contributed by atoms with Crippen molar-refractivity contribution >= 4 is 17.2 Å². The number of hydrogen-bond acceptors (Lipinski definition) is 3. The monoisotopic (exact) mass is 275 g/mol. The highest BCUT2D eigenvalue weighted by Crippen LogP contribution is 2.22. The quantitative estimate of drug-likeness (QED) is 0.822. The molecule has 0 aliphatic heterocycles. The lowest BCUT2D eigenvalue weighted by Gasteiger charge is -2.06. The molecule has 1 aromatic carbocycles. The standard InChI is InChI=1S/C15H17NO2S/c1-18-8-3-7-16-15(17)13-5-2-4-12(10-13)14-6-9-19-11-14/h2,4-6,9-11H,3,7-8H2,1H3,(H,16,17). The van der Waals surface area contributed by atoms with Gasteiger partial charge in [-0.3, -0.25) is 4.79 Å². The van der Waals surface area contributed by atoms with Crippen LogP contribution in [0.4, 0.5) is 0 Å². The van der Waals surface area contributed by atoms with Gasteiger partial charge in [-0.1, -0.05) is 12.1 Å². The molecule has 1 N–H and O–H groups in total. The number of ether oxygens (including phenoxy) is 1. The summed E-state index contributed by atoms with van der Waals surface area (Å²) in [6, 6.07) is 9.75. The van der Waals surface area contributed by atoms with Crippen LogP contribution in [-0.4, -0.2) is 26.2 Å². The maximum Gasteiger partial charge on any atom is 0.251 e. The minimum Gasteiger partial charge on any atom is -0.385 e. The second-order valence-corrected chi connectivity index (χ2v) is 4.98. The Labute approximate surface area is 117 Å². The maximum absolute atomic E-state index is 12.0. The van der Waals surface area contributed by atoms with E-state index >= 15 is 0 Å². The molecule has 0 spiro atoms. The second kappa shape index (κ2) is 7.07. The molecule has 2 aromatic rings. The molecule has 0 aliphatic rings. The first kappa shape index (κ1) is 13.8. The van der Waals surface area contributed by atoms with Gasteiger partial charge in [0.05, 0.1) is 0 Å². The van der Waals surface area contributed by atoms with E-state index < -0.39 is 0 Å². The Balaban J connectivity index is 2.00. The van der Waals surface area contributed by atoms with Gasteiger partial charge in [0.15, 0.2) is 0 Å². The third-order valence-corrected chi connectivity index (χ3v) is 3.47. The van der Waals surface area contributed by atoms with Gasteiger partial charge in [0, 0.05) is 25.8 Å². The van der Waals surface area contributed by atoms with Gasteiger partial charge in [-0.05, 0) is 46.5 Å². The average molecular weight is 275 g/mol. The second-order valence-electron chi connectivity index (χ2n) is 4.20. The van der Waals surface area contributed by atoms with E-state index in [1.54, 1.807) is 18.4 Å². The van der Waals surface area contributed by atoms with Crippen molar-refractivity contribution in [2.45, 2.75) is 6.42 Å². The molecule has 1 aromatic heterocycles. The molecule has 0 atom stereocenters. The molecule has 0 saturated heterocycles. The average Bonchev–Trinajstić information content (AvgIpc) is 2.98. The van der Waals surface area contributed by atoms with Gasteiger partial charge in [0.1, 0.15) is 0 Å². The van der Waals surface area contributed by atoms with E-state index in [4.69, 9.17) is 4.74 Å². The van der Waals surface area contributed by atoms with Crippen molar-refractivity contribution < 1.29 is 9.53 Å². The number of nitrogens with one attached hydrogen (secondary N) is 1. The molecule has 0 unspecified atom stereocenters. The van der Waals surface area contributed by atoms with Gasteiger partial charge in [-0.25, -0.2) is 0 Å². The summed E-state index contributed by atoms with van der Waals surface area (Å²) in [6.07, 6.45) is 0.826. The lowest BCUT2D eigenvalue weighted by molar-refractivity contribution is 0.0948. The lowest BCUT2D eigenvalue weighted by atomic mass is 10.1. The zero-order valence-electron chi connectivity index (χ0n) is 10.9. The van der Waals surface area contributed by atoms with Crippen LogP contribution < -0.4 is 5.32 Å². The normalized spacial score (nSPS) is 10.4. The first-order chi connectivity index (χ1) is 9.31. The van der Waals surface area contributed by atoms with E-state index in [0.717, 1.165) is 17.5 Å².